The summed E-state index contributed by atoms with van der Waals surface area (Å²) >= 11 is 0. The van der Waals surface area contributed by atoms with E-state index in [9.17, 15) is 18.0 Å². The minimum atomic E-state index is -4.52. The van der Waals surface area contributed by atoms with Crippen LogP contribution in [0.25, 0.3) is 11.0 Å². The van der Waals surface area contributed by atoms with Gasteiger partial charge in [-0.2, -0.15) is 13.2 Å². The number of nitrogens with zero attached hydrogens (tertiary/aromatic N) is 3. The molecule has 162 valence electrons. The normalized spacial score (nSPS) is 16.8. The number of likely N-dealkylation sites (tertiary alicyclic amines) is 1. The molecule has 1 fully saturated rings. The van der Waals surface area contributed by atoms with Crippen molar-refractivity contribution in [2.45, 2.75) is 25.6 Å². The van der Waals surface area contributed by atoms with Crippen LogP contribution in [0.15, 0.2) is 42.5 Å². The third-order valence-corrected chi connectivity index (χ3v) is 5.87. The summed E-state index contributed by atoms with van der Waals surface area (Å²) in [7, 11) is 0. The van der Waals surface area contributed by atoms with Gasteiger partial charge in [-0.25, -0.2) is 4.98 Å². The largest absolute Gasteiger partial charge is 0.454 e. The first-order valence-electron chi connectivity index (χ1n) is 10.1. The minimum absolute atomic E-state index is 0.0273. The van der Waals surface area contributed by atoms with Gasteiger partial charge in [0, 0.05) is 25.2 Å². The van der Waals surface area contributed by atoms with Gasteiger partial charge in [-0.3, -0.25) is 4.79 Å². The Bertz CT molecular complexity index is 1130. The SMILES string of the molecule is O=C(c1ccc2c(c1)OCO2)N1CCC(Cn2c(C(F)(F)F)nc3ccccc32)CC1. The number of alkyl halides is 3. The zero-order valence-electron chi connectivity index (χ0n) is 16.6. The molecule has 0 bridgehead atoms. The van der Waals surface area contributed by atoms with Crippen LogP contribution in [-0.2, 0) is 12.7 Å². The molecule has 1 amide bonds. The van der Waals surface area contributed by atoms with Crippen LogP contribution in [0.3, 0.4) is 0 Å². The summed E-state index contributed by atoms with van der Waals surface area (Å²) in [5, 5.41) is 0. The Labute approximate surface area is 176 Å². The molecular formula is C22H20F3N3O3. The smallest absolute Gasteiger partial charge is 0.449 e. The number of aromatic nitrogens is 2. The number of hydrogen-bond acceptors (Lipinski definition) is 4. The zero-order chi connectivity index (χ0) is 21.6. The summed E-state index contributed by atoms with van der Waals surface area (Å²) in [5.74, 6) is 0.212. The van der Waals surface area contributed by atoms with Crippen molar-refractivity contribution in [3.8, 4) is 11.5 Å². The van der Waals surface area contributed by atoms with Crippen LogP contribution in [0.4, 0.5) is 13.2 Å². The van der Waals surface area contributed by atoms with Gasteiger partial charge in [0.25, 0.3) is 5.91 Å². The van der Waals surface area contributed by atoms with Gasteiger partial charge in [-0.15, -0.1) is 0 Å². The van der Waals surface area contributed by atoms with Gasteiger partial charge in [0.15, 0.2) is 11.5 Å². The molecule has 31 heavy (non-hydrogen) atoms. The third kappa shape index (κ3) is 3.68. The Morgan fingerprint density at radius 1 is 1.06 bits per heavy atom. The lowest BCUT2D eigenvalue weighted by atomic mass is 9.96. The zero-order valence-corrected chi connectivity index (χ0v) is 16.6. The molecule has 3 aromatic rings. The number of piperidine rings is 1. The summed E-state index contributed by atoms with van der Waals surface area (Å²) in [6.45, 7) is 1.35. The molecular weight excluding hydrogens is 411 g/mol. The fraction of sp³-hybridized carbons (Fsp3) is 0.364. The van der Waals surface area contributed by atoms with Crippen LogP contribution in [-0.4, -0.2) is 40.2 Å². The molecule has 2 aromatic carbocycles. The van der Waals surface area contributed by atoms with Gasteiger partial charge in [0.05, 0.1) is 11.0 Å². The van der Waals surface area contributed by atoms with Crippen molar-refractivity contribution in [2.24, 2.45) is 5.92 Å². The van der Waals surface area contributed by atoms with Crippen molar-refractivity contribution < 1.29 is 27.4 Å². The van der Waals surface area contributed by atoms with Gasteiger partial charge in [0.1, 0.15) is 0 Å². The van der Waals surface area contributed by atoms with Gasteiger partial charge in [0.2, 0.25) is 12.6 Å². The fourth-order valence-electron chi connectivity index (χ4n) is 4.27. The molecule has 0 saturated carbocycles. The van der Waals surface area contributed by atoms with E-state index in [1.54, 1.807) is 47.4 Å². The topological polar surface area (TPSA) is 56.6 Å². The molecule has 9 heteroatoms. The second kappa shape index (κ2) is 7.47. The first-order chi connectivity index (χ1) is 14.9. The molecule has 3 heterocycles. The Balaban J connectivity index is 1.29. The van der Waals surface area contributed by atoms with Crippen molar-refractivity contribution >= 4 is 16.9 Å². The molecule has 0 N–H and O–H groups in total. The molecule has 6 nitrogen and oxygen atoms in total. The van der Waals surface area contributed by atoms with E-state index in [2.05, 4.69) is 4.98 Å². The lowest BCUT2D eigenvalue weighted by molar-refractivity contribution is -0.147. The second-order valence-electron chi connectivity index (χ2n) is 7.84. The Kier molecular flexibility index (Phi) is 4.75. The number of fused-ring (bicyclic) bond motifs is 2. The standard InChI is InChI=1S/C22H20F3N3O3/c23-22(24,25)21-26-16-3-1-2-4-17(16)28(21)12-14-7-9-27(10-8-14)20(29)15-5-6-18-19(11-15)31-13-30-18/h1-6,11,14H,7-10,12-13H2. The summed E-state index contributed by atoms with van der Waals surface area (Å²) < 4.78 is 52.5. The van der Waals surface area contributed by atoms with Crippen LogP contribution < -0.4 is 9.47 Å². The number of carbonyl (C=O) groups is 1. The molecule has 2 aliphatic heterocycles. The number of imidazole rings is 1. The van der Waals surface area contributed by atoms with Crippen molar-refractivity contribution in [1.29, 1.82) is 0 Å². The first-order valence-corrected chi connectivity index (χ1v) is 10.1. The van der Waals surface area contributed by atoms with E-state index in [1.807, 2.05) is 0 Å². The summed E-state index contributed by atoms with van der Waals surface area (Å²) in [5.41, 5.74) is 1.33. The third-order valence-electron chi connectivity index (χ3n) is 5.87. The molecule has 1 aromatic heterocycles. The maximum Gasteiger partial charge on any atom is 0.449 e. The number of para-hydroxylation sites is 2. The molecule has 0 spiro atoms. The van der Waals surface area contributed by atoms with E-state index in [-0.39, 0.29) is 25.2 Å². The highest BCUT2D eigenvalue weighted by Gasteiger charge is 2.38. The number of carbonyl (C=O) groups excluding carboxylic acids is 1. The van der Waals surface area contributed by atoms with Crippen molar-refractivity contribution in [3.63, 3.8) is 0 Å². The lowest BCUT2D eigenvalue weighted by Gasteiger charge is -2.32. The molecule has 5 rings (SSSR count). The van der Waals surface area contributed by atoms with Gasteiger partial charge < -0.3 is 18.9 Å². The molecule has 0 radical (unpaired) electrons. The summed E-state index contributed by atoms with van der Waals surface area (Å²) in [6.07, 6.45) is -3.27. The summed E-state index contributed by atoms with van der Waals surface area (Å²) in [4.78, 5) is 18.4. The lowest BCUT2D eigenvalue weighted by Crippen LogP contribution is -2.39. The number of rotatable bonds is 3. The number of ether oxygens (including phenoxy) is 2. The average Bonchev–Trinajstić information content (AvgIpc) is 3.38. The van der Waals surface area contributed by atoms with Crippen LogP contribution in [0.5, 0.6) is 11.5 Å². The van der Waals surface area contributed by atoms with Crippen LogP contribution in [0.2, 0.25) is 0 Å². The molecule has 1 saturated heterocycles. The Morgan fingerprint density at radius 3 is 2.58 bits per heavy atom. The van der Waals surface area contributed by atoms with Gasteiger partial charge >= 0.3 is 6.18 Å². The van der Waals surface area contributed by atoms with Crippen molar-refractivity contribution in [1.82, 2.24) is 14.5 Å². The number of hydrogen-bond donors (Lipinski definition) is 0. The predicted octanol–water partition coefficient (Wildman–Crippen LogP) is 4.34. The van der Waals surface area contributed by atoms with E-state index in [4.69, 9.17) is 9.47 Å². The molecule has 0 unspecified atom stereocenters. The highest BCUT2D eigenvalue weighted by Crippen LogP contribution is 2.35. The maximum absolute atomic E-state index is 13.5. The number of amides is 1. The first kappa shape index (κ1) is 19.7. The fourth-order valence-corrected chi connectivity index (χ4v) is 4.27. The average molecular weight is 431 g/mol. The highest BCUT2D eigenvalue weighted by molar-refractivity contribution is 5.95. The van der Waals surface area contributed by atoms with Gasteiger partial charge in [-0.1, -0.05) is 12.1 Å². The highest BCUT2D eigenvalue weighted by atomic mass is 19.4. The summed E-state index contributed by atoms with van der Waals surface area (Å²) in [6, 6.07) is 11.7. The quantitative estimate of drug-likeness (QED) is 0.619. The van der Waals surface area contributed by atoms with Gasteiger partial charge in [-0.05, 0) is 49.1 Å². The van der Waals surface area contributed by atoms with E-state index in [1.165, 1.54) is 4.57 Å². The van der Waals surface area contributed by atoms with E-state index >= 15 is 0 Å². The number of benzene rings is 2. The molecule has 2 aliphatic rings. The Hall–Kier alpha value is -3.23. The second-order valence-corrected chi connectivity index (χ2v) is 7.84. The minimum Gasteiger partial charge on any atom is -0.454 e. The van der Waals surface area contributed by atoms with E-state index < -0.39 is 12.0 Å². The van der Waals surface area contributed by atoms with Crippen LogP contribution in [0.1, 0.15) is 29.0 Å². The monoisotopic (exact) mass is 431 g/mol. The molecule has 0 aliphatic carbocycles. The Morgan fingerprint density at radius 2 is 1.81 bits per heavy atom. The van der Waals surface area contributed by atoms with Crippen LogP contribution >= 0.6 is 0 Å². The maximum atomic E-state index is 13.5. The van der Waals surface area contributed by atoms with Crippen molar-refractivity contribution in [2.75, 3.05) is 19.9 Å². The molecule has 0 atom stereocenters. The van der Waals surface area contributed by atoms with E-state index in [0.29, 0.717) is 54.0 Å². The predicted molar refractivity (Wildman–Crippen MR) is 106 cm³/mol. The van der Waals surface area contributed by atoms with Crippen molar-refractivity contribution in [3.05, 3.63) is 53.9 Å². The number of halogens is 3. The van der Waals surface area contributed by atoms with Crippen LogP contribution in [0, 0.1) is 5.92 Å². The van der Waals surface area contributed by atoms with E-state index in [0.717, 1.165) is 0 Å².